The van der Waals surface area contributed by atoms with Crippen LogP contribution in [0.2, 0.25) is 0 Å². The molecule has 0 saturated heterocycles. The molecular formula is C15H23NO5. The van der Waals surface area contributed by atoms with E-state index in [4.69, 9.17) is 10.00 Å². The largest absolute Gasteiger partial charge is 0.459 e. The Balaban J connectivity index is 2.51. The number of carbonyl (C=O) groups is 1. The highest BCUT2D eigenvalue weighted by atomic mass is 16.6. The van der Waals surface area contributed by atoms with E-state index in [9.17, 15) is 20.1 Å². The lowest BCUT2D eigenvalue weighted by molar-refractivity contribution is -0.152. The van der Waals surface area contributed by atoms with Gasteiger partial charge in [-0.2, -0.15) is 5.26 Å². The van der Waals surface area contributed by atoms with E-state index >= 15 is 0 Å². The third-order valence-corrected chi connectivity index (χ3v) is 3.58. The van der Waals surface area contributed by atoms with Crippen LogP contribution in [-0.4, -0.2) is 45.7 Å². The molecule has 5 atom stereocenters. The minimum absolute atomic E-state index is 0.144. The van der Waals surface area contributed by atoms with Crippen LogP contribution in [0.25, 0.3) is 0 Å². The molecule has 1 saturated carbocycles. The van der Waals surface area contributed by atoms with Crippen LogP contribution < -0.4 is 0 Å². The fourth-order valence-corrected chi connectivity index (χ4v) is 2.51. The van der Waals surface area contributed by atoms with Gasteiger partial charge in [0.15, 0.2) is 0 Å². The van der Waals surface area contributed by atoms with E-state index in [2.05, 4.69) is 0 Å². The van der Waals surface area contributed by atoms with Gasteiger partial charge in [0.1, 0.15) is 6.10 Å². The first-order chi connectivity index (χ1) is 9.95. The first-order valence-corrected chi connectivity index (χ1v) is 7.22. The summed E-state index contributed by atoms with van der Waals surface area (Å²) in [7, 11) is 0. The molecule has 21 heavy (non-hydrogen) atoms. The van der Waals surface area contributed by atoms with Gasteiger partial charge in [-0.1, -0.05) is 12.2 Å². The summed E-state index contributed by atoms with van der Waals surface area (Å²) in [5.74, 6) is -1.03. The normalized spacial score (nSPS) is 30.2. The number of nitriles is 1. The van der Waals surface area contributed by atoms with Crippen molar-refractivity contribution in [1.29, 1.82) is 5.26 Å². The molecule has 0 heterocycles. The first kappa shape index (κ1) is 17.6. The van der Waals surface area contributed by atoms with E-state index in [-0.39, 0.29) is 6.42 Å². The minimum atomic E-state index is -0.897. The molecule has 0 amide bonds. The van der Waals surface area contributed by atoms with Crippen LogP contribution in [0.15, 0.2) is 12.2 Å². The number of hydrogen-bond acceptors (Lipinski definition) is 6. The predicted octanol–water partition coefficient (Wildman–Crippen LogP) is 0.661. The Hall–Kier alpha value is -1.42. The topological polar surface area (TPSA) is 111 Å². The molecule has 0 radical (unpaired) electrons. The van der Waals surface area contributed by atoms with Gasteiger partial charge in [-0.3, -0.25) is 4.79 Å². The van der Waals surface area contributed by atoms with E-state index in [1.807, 2.05) is 6.07 Å². The van der Waals surface area contributed by atoms with Crippen molar-refractivity contribution < 1.29 is 24.9 Å². The van der Waals surface area contributed by atoms with Gasteiger partial charge in [-0.05, 0) is 19.3 Å². The van der Waals surface area contributed by atoms with Crippen LogP contribution in [-0.2, 0) is 9.53 Å². The first-order valence-electron chi connectivity index (χ1n) is 7.22. The van der Waals surface area contributed by atoms with Crippen molar-refractivity contribution in [3.8, 4) is 6.07 Å². The van der Waals surface area contributed by atoms with Crippen molar-refractivity contribution in [2.24, 2.45) is 5.92 Å². The summed E-state index contributed by atoms with van der Waals surface area (Å²) in [5, 5.41) is 37.9. The zero-order valence-electron chi connectivity index (χ0n) is 12.2. The fourth-order valence-electron chi connectivity index (χ4n) is 2.51. The second-order valence-corrected chi connectivity index (χ2v) is 5.38. The van der Waals surface area contributed by atoms with Crippen LogP contribution in [0.1, 0.15) is 39.0 Å². The molecule has 0 aromatic rings. The highest BCUT2D eigenvalue weighted by Crippen LogP contribution is 2.30. The molecule has 0 aliphatic heterocycles. The third-order valence-electron chi connectivity index (χ3n) is 3.58. The molecule has 0 spiro atoms. The van der Waals surface area contributed by atoms with E-state index in [0.29, 0.717) is 12.8 Å². The Morgan fingerprint density at radius 3 is 2.76 bits per heavy atom. The molecule has 6 heteroatoms. The number of unbranched alkanes of at least 4 members (excludes halogenated alkanes) is 2. The van der Waals surface area contributed by atoms with Crippen LogP contribution in [0, 0.1) is 17.2 Å². The van der Waals surface area contributed by atoms with Gasteiger partial charge in [-0.15, -0.1) is 0 Å². The minimum Gasteiger partial charge on any atom is -0.459 e. The standard InChI is InChI=1S/C15H23NO5/c1-10(17)21-15-12(13(19)9-14(15)20)7-6-11(18)5-3-2-4-8-16/h6-7,11-15,18-20H,2-5,9H2,1H3. The Kier molecular flexibility index (Phi) is 7.37. The van der Waals surface area contributed by atoms with Gasteiger partial charge >= 0.3 is 5.97 Å². The molecule has 0 aromatic heterocycles. The molecule has 1 aliphatic rings. The predicted molar refractivity (Wildman–Crippen MR) is 74.9 cm³/mol. The highest BCUT2D eigenvalue weighted by molar-refractivity contribution is 5.66. The van der Waals surface area contributed by atoms with Crippen molar-refractivity contribution in [3.05, 3.63) is 12.2 Å². The lowest BCUT2D eigenvalue weighted by Crippen LogP contribution is -2.31. The average Bonchev–Trinajstić information content (AvgIpc) is 2.66. The third kappa shape index (κ3) is 5.84. The zero-order valence-corrected chi connectivity index (χ0v) is 12.2. The zero-order chi connectivity index (χ0) is 15.8. The van der Waals surface area contributed by atoms with E-state index in [0.717, 1.165) is 12.8 Å². The van der Waals surface area contributed by atoms with Gasteiger partial charge in [0, 0.05) is 25.7 Å². The summed E-state index contributed by atoms with van der Waals surface area (Å²) in [6.07, 6.45) is 2.62. The maximum atomic E-state index is 11.0. The van der Waals surface area contributed by atoms with Crippen LogP contribution >= 0.6 is 0 Å². The number of rotatable bonds is 7. The highest BCUT2D eigenvalue weighted by Gasteiger charge is 2.42. The second-order valence-electron chi connectivity index (χ2n) is 5.38. The van der Waals surface area contributed by atoms with Gasteiger partial charge in [-0.25, -0.2) is 0 Å². The fraction of sp³-hybridized carbons (Fsp3) is 0.733. The molecule has 0 bridgehead atoms. The van der Waals surface area contributed by atoms with Crippen molar-refractivity contribution in [3.63, 3.8) is 0 Å². The summed E-state index contributed by atoms with van der Waals surface area (Å²) in [6, 6.07) is 2.04. The quantitative estimate of drug-likeness (QED) is 0.362. The van der Waals surface area contributed by atoms with Gasteiger partial charge < -0.3 is 20.1 Å². The summed E-state index contributed by atoms with van der Waals surface area (Å²) in [6.45, 7) is 1.25. The summed E-state index contributed by atoms with van der Waals surface area (Å²) < 4.78 is 5.03. The number of nitrogens with zero attached hydrogens (tertiary/aromatic N) is 1. The van der Waals surface area contributed by atoms with Crippen molar-refractivity contribution >= 4 is 5.97 Å². The number of carbonyl (C=O) groups excluding carboxylic acids is 1. The van der Waals surface area contributed by atoms with Crippen molar-refractivity contribution in [2.45, 2.75) is 63.4 Å². The van der Waals surface area contributed by atoms with Crippen LogP contribution in [0.4, 0.5) is 0 Å². The second kappa shape index (κ2) is 8.78. The van der Waals surface area contributed by atoms with Crippen molar-refractivity contribution in [2.75, 3.05) is 0 Å². The molecule has 1 fully saturated rings. The van der Waals surface area contributed by atoms with Gasteiger partial charge in [0.2, 0.25) is 0 Å². The molecular weight excluding hydrogens is 274 g/mol. The number of aliphatic hydroxyl groups is 3. The molecule has 5 unspecified atom stereocenters. The molecule has 1 rings (SSSR count). The Morgan fingerprint density at radius 2 is 2.14 bits per heavy atom. The average molecular weight is 297 g/mol. The molecule has 3 N–H and O–H groups in total. The van der Waals surface area contributed by atoms with Crippen LogP contribution in [0.3, 0.4) is 0 Å². The van der Waals surface area contributed by atoms with Gasteiger partial charge in [0.05, 0.1) is 24.4 Å². The smallest absolute Gasteiger partial charge is 0.303 e. The van der Waals surface area contributed by atoms with Crippen molar-refractivity contribution in [1.82, 2.24) is 0 Å². The molecule has 0 aromatic carbocycles. The molecule has 118 valence electrons. The summed E-state index contributed by atoms with van der Waals surface area (Å²) in [4.78, 5) is 11.0. The number of hydrogen-bond donors (Lipinski definition) is 3. The monoisotopic (exact) mass is 297 g/mol. The molecule has 6 nitrogen and oxygen atoms in total. The maximum Gasteiger partial charge on any atom is 0.303 e. The van der Waals surface area contributed by atoms with Crippen LogP contribution in [0.5, 0.6) is 0 Å². The van der Waals surface area contributed by atoms with E-state index in [1.54, 1.807) is 12.2 Å². The summed E-state index contributed by atoms with van der Waals surface area (Å²) >= 11 is 0. The lowest BCUT2D eigenvalue weighted by Gasteiger charge is -2.20. The SMILES string of the molecule is CC(=O)OC1C(O)CC(O)C1C=CC(O)CCCCC#N. The number of aliphatic hydroxyl groups excluding tert-OH is 3. The molecule has 1 aliphatic carbocycles. The Bertz CT molecular complexity index is 403. The van der Waals surface area contributed by atoms with E-state index in [1.165, 1.54) is 6.92 Å². The van der Waals surface area contributed by atoms with E-state index < -0.39 is 36.3 Å². The van der Waals surface area contributed by atoms with Gasteiger partial charge in [0.25, 0.3) is 0 Å². The maximum absolute atomic E-state index is 11.0. The Morgan fingerprint density at radius 1 is 1.43 bits per heavy atom. The Labute approximate surface area is 124 Å². The lowest BCUT2D eigenvalue weighted by atomic mass is 10.0. The number of ether oxygens (including phenoxy) is 1. The number of esters is 1. The summed E-state index contributed by atoms with van der Waals surface area (Å²) in [5.41, 5.74) is 0.